The van der Waals surface area contributed by atoms with Crippen LogP contribution in [0.15, 0.2) is 30.6 Å². The average molecular weight is 425 g/mol. The summed E-state index contributed by atoms with van der Waals surface area (Å²) in [6.45, 7) is 4.55. The van der Waals surface area contributed by atoms with Crippen LogP contribution in [0, 0.1) is 12.7 Å². The molecule has 3 aromatic rings. The molecule has 1 unspecified atom stereocenters. The normalized spacial score (nSPS) is 15.5. The molecule has 162 valence electrons. The molecule has 0 spiro atoms. The van der Waals surface area contributed by atoms with Gasteiger partial charge in [0.25, 0.3) is 0 Å². The van der Waals surface area contributed by atoms with E-state index in [2.05, 4.69) is 25.7 Å². The summed E-state index contributed by atoms with van der Waals surface area (Å²) in [5, 5.41) is 10.4. The van der Waals surface area contributed by atoms with Gasteiger partial charge in [-0.15, -0.1) is 0 Å². The average Bonchev–Trinajstić information content (AvgIpc) is 3.18. The van der Waals surface area contributed by atoms with E-state index in [-0.39, 0.29) is 17.8 Å². The zero-order chi connectivity index (χ0) is 22.1. The highest BCUT2D eigenvalue weighted by molar-refractivity contribution is 6.03. The molecule has 1 aromatic carbocycles. The van der Waals surface area contributed by atoms with Crippen molar-refractivity contribution in [3.8, 4) is 5.75 Å². The molecule has 0 bridgehead atoms. The SMILES string of the molecule is COc1cc(F)cc(Cn2cc(CNc3nc(C)c4c(n3)N(C)C(C)C(=O)N4)cn2)c1. The molecule has 31 heavy (non-hydrogen) atoms. The van der Waals surface area contributed by atoms with E-state index in [0.717, 1.165) is 11.1 Å². The predicted octanol–water partition coefficient (Wildman–Crippen LogP) is 2.57. The number of amides is 1. The first-order chi connectivity index (χ1) is 14.8. The lowest BCUT2D eigenvalue weighted by Gasteiger charge is -2.32. The zero-order valence-corrected chi connectivity index (χ0v) is 17.8. The van der Waals surface area contributed by atoms with E-state index in [1.807, 2.05) is 32.0 Å². The van der Waals surface area contributed by atoms with Gasteiger partial charge in [0.2, 0.25) is 11.9 Å². The molecule has 1 aliphatic heterocycles. The Labute approximate surface area is 179 Å². The van der Waals surface area contributed by atoms with Crippen molar-refractivity contribution >= 4 is 23.4 Å². The number of anilines is 3. The smallest absolute Gasteiger partial charge is 0.246 e. The van der Waals surface area contributed by atoms with Crippen molar-refractivity contribution in [2.45, 2.75) is 33.0 Å². The molecule has 0 saturated heterocycles. The number of ether oxygens (including phenoxy) is 1. The Kier molecular flexibility index (Phi) is 5.45. The van der Waals surface area contributed by atoms with Crippen LogP contribution < -0.4 is 20.3 Å². The van der Waals surface area contributed by atoms with E-state index >= 15 is 0 Å². The molecule has 1 aliphatic rings. The second-order valence-electron chi connectivity index (χ2n) is 7.51. The lowest BCUT2D eigenvalue weighted by molar-refractivity contribution is -0.117. The van der Waals surface area contributed by atoms with Crippen LogP contribution in [0.25, 0.3) is 0 Å². The summed E-state index contributed by atoms with van der Waals surface area (Å²) in [5.74, 6) is 1.19. The van der Waals surface area contributed by atoms with Crippen LogP contribution >= 0.6 is 0 Å². The molecule has 0 aliphatic carbocycles. The van der Waals surface area contributed by atoms with E-state index in [9.17, 15) is 9.18 Å². The van der Waals surface area contributed by atoms with Gasteiger partial charge >= 0.3 is 0 Å². The van der Waals surface area contributed by atoms with Gasteiger partial charge in [-0.2, -0.15) is 10.1 Å². The van der Waals surface area contributed by atoms with Gasteiger partial charge in [0, 0.05) is 31.4 Å². The Morgan fingerprint density at radius 1 is 1.26 bits per heavy atom. The maximum absolute atomic E-state index is 13.7. The van der Waals surface area contributed by atoms with Crippen LogP contribution in [0.2, 0.25) is 0 Å². The van der Waals surface area contributed by atoms with E-state index in [1.165, 1.54) is 19.2 Å². The van der Waals surface area contributed by atoms with Crippen molar-refractivity contribution in [1.29, 1.82) is 0 Å². The van der Waals surface area contributed by atoms with Gasteiger partial charge in [0.1, 0.15) is 23.3 Å². The molecule has 0 fully saturated rings. The third kappa shape index (κ3) is 4.27. The molecule has 2 N–H and O–H groups in total. The monoisotopic (exact) mass is 425 g/mol. The molecule has 0 radical (unpaired) electrons. The number of rotatable bonds is 6. The third-order valence-corrected chi connectivity index (χ3v) is 5.26. The summed E-state index contributed by atoms with van der Waals surface area (Å²) in [7, 11) is 3.34. The summed E-state index contributed by atoms with van der Waals surface area (Å²) in [6, 6.07) is 4.27. The Morgan fingerprint density at radius 2 is 2.06 bits per heavy atom. The van der Waals surface area contributed by atoms with Crippen molar-refractivity contribution in [3.63, 3.8) is 0 Å². The minimum absolute atomic E-state index is 0.0780. The summed E-state index contributed by atoms with van der Waals surface area (Å²) in [5.41, 5.74) is 3.01. The first-order valence-corrected chi connectivity index (χ1v) is 9.85. The minimum atomic E-state index is -0.348. The summed E-state index contributed by atoms with van der Waals surface area (Å²) in [4.78, 5) is 22.9. The predicted molar refractivity (Wildman–Crippen MR) is 115 cm³/mol. The minimum Gasteiger partial charge on any atom is -0.497 e. The van der Waals surface area contributed by atoms with Gasteiger partial charge in [-0.1, -0.05) is 0 Å². The fourth-order valence-corrected chi connectivity index (χ4v) is 3.41. The number of nitrogens with zero attached hydrogens (tertiary/aromatic N) is 5. The standard InChI is InChI=1S/C21H24FN7O2/c1-12-18-19(28(3)13(2)20(30)26-18)27-21(25-12)23-8-15-9-24-29(11-15)10-14-5-16(22)7-17(6-14)31-4/h5-7,9,11,13H,8,10H2,1-4H3,(H,26,30)(H,23,25,27). The lowest BCUT2D eigenvalue weighted by atomic mass is 10.2. The fourth-order valence-electron chi connectivity index (χ4n) is 3.41. The number of aromatic nitrogens is 4. The molecule has 3 heterocycles. The zero-order valence-electron chi connectivity index (χ0n) is 17.8. The van der Waals surface area contributed by atoms with Gasteiger partial charge in [0.15, 0.2) is 5.82 Å². The topological polar surface area (TPSA) is 97.2 Å². The number of methoxy groups -OCH3 is 1. The van der Waals surface area contributed by atoms with Gasteiger partial charge in [-0.05, 0) is 31.5 Å². The van der Waals surface area contributed by atoms with Crippen LogP contribution in [0.1, 0.15) is 23.7 Å². The van der Waals surface area contributed by atoms with Crippen LogP contribution in [-0.2, 0) is 17.9 Å². The third-order valence-electron chi connectivity index (χ3n) is 5.26. The van der Waals surface area contributed by atoms with Crippen molar-refractivity contribution < 1.29 is 13.9 Å². The molecular formula is C21H24FN7O2. The largest absolute Gasteiger partial charge is 0.497 e. The van der Waals surface area contributed by atoms with Gasteiger partial charge in [0.05, 0.1) is 25.5 Å². The highest BCUT2D eigenvalue weighted by Gasteiger charge is 2.30. The Bertz CT molecular complexity index is 1130. The highest BCUT2D eigenvalue weighted by atomic mass is 19.1. The van der Waals surface area contributed by atoms with Crippen LogP contribution in [0.3, 0.4) is 0 Å². The second-order valence-corrected chi connectivity index (χ2v) is 7.51. The number of likely N-dealkylation sites (N-methyl/N-ethyl adjacent to an activating group) is 1. The van der Waals surface area contributed by atoms with Crippen molar-refractivity contribution in [2.24, 2.45) is 0 Å². The number of hydrogen-bond acceptors (Lipinski definition) is 7. The van der Waals surface area contributed by atoms with Crippen molar-refractivity contribution in [1.82, 2.24) is 19.7 Å². The van der Waals surface area contributed by atoms with Gasteiger partial charge in [-0.25, -0.2) is 9.37 Å². The maximum Gasteiger partial charge on any atom is 0.246 e. The Balaban J connectivity index is 1.45. The Hall–Kier alpha value is -3.69. The number of fused-ring (bicyclic) bond motifs is 1. The van der Waals surface area contributed by atoms with Crippen LogP contribution in [0.4, 0.5) is 21.8 Å². The number of halogens is 1. The van der Waals surface area contributed by atoms with Crippen LogP contribution in [0.5, 0.6) is 5.75 Å². The lowest BCUT2D eigenvalue weighted by Crippen LogP contribution is -2.44. The highest BCUT2D eigenvalue weighted by Crippen LogP contribution is 2.32. The number of carbonyl (C=O) groups is 1. The number of aryl methyl sites for hydroxylation is 1. The first kappa shape index (κ1) is 20.6. The fraction of sp³-hybridized carbons (Fsp3) is 0.333. The number of carbonyl (C=O) groups excluding carboxylic acids is 1. The van der Waals surface area contributed by atoms with Gasteiger partial charge < -0.3 is 20.3 Å². The number of hydrogen-bond donors (Lipinski definition) is 2. The first-order valence-electron chi connectivity index (χ1n) is 9.85. The van der Waals surface area contributed by atoms with Crippen molar-refractivity contribution in [3.05, 3.63) is 53.2 Å². The number of nitrogens with one attached hydrogen (secondary N) is 2. The molecule has 1 atom stereocenters. The van der Waals surface area contributed by atoms with E-state index in [1.54, 1.807) is 16.9 Å². The Morgan fingerprint density at radius 3 is 2.84 bits per heavy atom. The molecule has 2 aromatic heterocycles. The summed E-state index contributed by atoms with van der Waals surface area (Å²) < 4.78 is 20.5. The maximum atomic E-state index is 13.7. The molecule has 0 saturated carbocycles. The quantitative estimate of drug-likeness (QED) is 0.626. The van der Waals surface area contributed by atoms with Gasteiger partial charge in [-0.3, -0.25) is 9.48 Å². The van der Waals surface area contributed by atoms with E-state index in [4.69, 9.17) is 4.74 Å². The number of benzene rings is 1. The molecule has 4 rings (SSSR count). The summed E-state index contributed by atoms with van der Waals surface area (Å²) >= 11 is 0. The summed E-state index contributed by atoms with van der Waals surface area (Å²) in [6.07, 6.45) is 3.62. The van der Waals surface area contributed by atoms with E-state index in [0.29, 0.717) is 42.0 Å². The van der Waals surface area contributed by atoms with Crippen LogP contribution in [-0.4, -0.2) is 45.9 Å². The second kappa shape index (κ2) is 8.21. The molecule has 1 amide bonds. The molecule has 10 heteroatoms. The molecule has 9 nitrogen and oxygen atoms in total. The van der Waals surface area contributed by atoms with Crippen molar-refractivity contribution in [2.75, 3.05) is 29.7 Å². The van der Waals surface area contributed by atoms with E-state index < -0.39 is 0 Å². The molecular weight excluding hydrogens is 401 g/mol.